The summed E-state index contributed by atoms with van der Waals surface area (Å²) >= 11 is 1.57. The molecule has 1 aromatic heterocycles. The lowest BCUT2D eigenvalue weighted by Crippen LogP contribution is -1.92. The van der Waals surface area contributed by atoms with Gasteiger partial charge in [0.1, 0.15) is 5.75 Å². The second-order valence-corrected chi connectivity index (χ2v) is 5.06. The largest absolute Gasteiger partial charge is 0.497 e. The van der Waals surface area contributed by atoms with Gasteiger partial charge in [-0.1, -0.05) is 12.1 Å². The Morgan fingerprint density at radius 1 is 1.42 bits per heavy atom. The molecule has 0 aliphatic rings. The average molecular weight is 279 g/mol. The van der Waals surface area contributed by atoms with Gasteiger partial charge in [-0.3, -0.25) is 0 Å². The molecule has 1 heterocycles. The van der Waals surface area contributed by atoms with E-state index in [1.165, 1.54) is 0 Å². The number of benzene rings is 1. The first-order valence-electron chi connectivity index (χ1n) is 6.10. The van der Waals surface area contributed by atoms with Crippen LogP contribution in [0.4, 0.5) is 5.69 Å². The van der Waals surface area contributed by atoms with E-state index in [4.69, 9.17) is 15.0 Å². The van der Waals surface area contributed by atoms with Crippen molar-refractivity contribution in [3.63, 3.8) is 0 Å². The second-order valence-electron chi connectivity index (χ2n) is 4.05. The summed E-state index contributed by atoms with van der Waals surface area (Å²) in [6.45, 7) is 2.08. The van der Waals surface area contributed by atoms with Gasteiger partial charge in [0.2, 0.25) is 5.89 Å². The number of aromatic nitrogens is 2. The lowest BCUT2D eigenvalue weighted by atomic mass is 10.3. The van der Waals surface area contributed by atoms with Gasteiger partial charge in [-0.25, -0.2) is 0 Å². The van der Waals surface area contributed by atoms with E-state index in [1.807, 2.05) is 18.2 Å². The third-order valence-electron chi connectivity index (χ3n) is 2.55. The Morgan fingerprint density at radius 2 is 2.26 bits per heavy atom. The Labute approximate surface area is 116 Å². The molecule has 2 aromatic rings. The van der Waals surface area contributed by atoms with Gasteiger partial charge in [0.15, 0.2) is 5.82 Å². The van der Waals surface area contributed by atoms with Crippen LogP contribution in [-0.2, 0) is 12.2 Å². The Bertz CT molecular complexity index is 542. The van der Waals surface area contributed by atoms with Gasteiger partial charge in [-0.15, -0.1) is 11.8 Å². The third-order valence-corrected chi connectivity index (χ3v) is 3.62. The van der Waals surface area contributed by atoms with Crippen molar-refractivity contribution in [2.75, 3.05) is 12.8 Å². The maximum atomic E-state index is 5.92. The van der Waals surface area contributed by atoms with E-state index in [1.54, 1.807) is 18.9 Å². The smallest absolute Gasteiger partial charge is 0.226 e. The monoisotopic (exact) mass is 279 g/mol. The normalized spacial score (nSPS) is 10.6. The van der Waals surface area contributed by atoms with Crippen LogP contribution in [0.15, 0.2) is 27.6 Å². The highest BCUT2D eigenvalue weighted by Crippen LogP contribution is 2.30. The van der Waals surface area contributed by atoms with E-state index in [0.29, 0.717) is 17.5 Å². The van der Waals surface area contributed by atoms with Crippen LogP contribution in [-0.4, -0.2) is 17.3 Å². The molecule has 6 heteroatoms. The molecule has 19 heavy (non-hydrogen) atoms. The molecule has 0 spiro atoms. The van der Waals surface area contributed by atoms with Crippen LogP contribution in [0.1, 0.15) is 25.1 Å². The molecular formula is C13H17N3O2S. The molecule has 5 nitrogen and oxygen atoms in total. The number of thioether (sulfide) groups is 1. The molecule has 102 valence electrons. The zero-order chi connectivity index (χ0) is 13.7. The molecule has 0 bridgehead atoms. The van der Waals surface area contributed by atoms with Crippen molar-refractivity contribution in [1.82, 2.24) is 10.1 Å². The molecule has 0 unspecified atom stereocenters. The first kappa shape index (κ1) is 13.7. The summed E-state index contributed by atoms with van der Waals surface area (Å²) in [4.78, 5) is 5.28. The SMILES string of the molecule is CCCc1nc(CSc2cc(OC)ccc2N)no1. The zero-order valence-electron chi connectivity index (χ0n) is 11.0. The average Bonchev–Trinajstić information content (AvgIpc) is 2.86. The van der Waals surface area contributed by atoms with Crippen molar-refractivity contribution < 1.29 is 9.26 Å². The summed E-state index contributed by atoms with van der Waals surface area (Å²) in [5.74, 6) is 2.80. The van der Waals surface area contributed by atoms with Crippen molar-refractivity contribution >= 4 is 17.4 Å². The number of ether oxygens (including phenoxy) is 1. The minimum absolute atomic E-state index is 0.630. The zero-order valence-corrected chi connectivity index (χ0v) is 11.9. The minimum atomic E-state index is 0.630. The van der Waals surface area contributed by atoms with Crippen molar-refractivity contribution in [3.05, 3.63) is 29.9 Å². The number of nitrogens with zero attached hydrogens (tertiary/aromatic N) is 2. The van der Waals surface area contributed by atoms with Gasteiger partial charge in [0, 0.05) is 17.0 Å². The predicted octanol–water partition coefficient (Wildman–Crippen LogP) is 2.91. The molecule has 1 aromatic carbocycles. The molecule has 0 fully saturated rings. The summed E-state index contributed by atoms with van der Waals surface area (Å²) in [6.07, 6.45) is 1.82. The molecule has 0 aliphatic carbocycles. The van der Waals surface area contributed by atoms with Gasteiger partial charge >= 0.3 is 0 Å². The minimum Gasteiger partial charge on any atom is -0.497 e. The molecule has 0 atom stereocenters. The number of hydrogen-bond donors (Lipinski definition) is 1. The van der Waals surface area contributed by atoms with Gasteiger partial charge in [0.25, 0.3) is 0 Å². The molecule has 0 aliphatic heterocycles. The fourth-order valence-corrected chi connectivity index (χ4v) is 2.41. The van der Waals surface area contributed by atoms with Gasteiger partial charge in [-0.05, 0) is 24.6 Å². The summed E-state index contributed by atoms with van der Waals surface area (Å²) in [5, 5.41) is 3.94. The van der Waals surface area contributed by atoms with E-state index in [-0.39, 0.29) is 0 Å². The van der Waals surface area contributed by atoms with Crippen molar-refractivity contribution in [3.8, 4) is 5.75 Å². The summed E-state index contributed by atoms with van der Waals surface area (Å²) < 4.78 is 10.3. The maximum absolute atomic E-state index is 5.92. The Hall–Kier alpha value is -1.69. The fourth-order valence-electron chi connectivity index (χ4n) is 1.57. The van der Waals surface area contributed by atoms with Crippen molar-refractivity contribution in [2.24, 2.45) is 0 Å². The van der Waals surface area contributed by atoms with Gasteiger partial charge in [-0.2, -0.15) is 4.98 Å². The summed E-state index contributed by atoms with van der Waals surface area (Å²) in [6, 6.07) is 5.58. The fraction of sp³-hybridized carbons (Fsp3) is 0.385. The van der Waals surface area contributed by atoms with Crippen LogP contribution in [0.3, 0.4) is 0 Å². The molecule has 0 saturated carbocycles. The van der Waals surface area contributed by atoms with Crippen molar-refractivity contribution in [1.29, 1.82) is 0 Å². The van der Waals surface area contributed by atoms with Crippen LogP contribution in [0, 0.1) is 0 Å². The van der Waals surface area contributed by atoms with E-state index in [2.05, 4.69) is 17.1 Å². The van der Waals surface area contributed by atoms with Gasteiger partial charge < -0.3 is 15.0 Å². The maximum Gasteiger partial charge on any atom is 0.226 e. The van der Waals surface area contributed by atoms with Crippen LogP contribution in [0.5, 0.6) is 5.75 Å². The highest BCUT2D eigenvalue weighted by Gasteiger charge is 2.08. The molecule has 2 rings (SSSR count). The first-order chi connectivity index (χ1) is 9.22. The number of methoxy groups -OCH3 is 1. The van der Waals surface area contributed by atoms with E-state index in [9.17, 15) is 0 Å². The van der Waals surface area contributed by atoms with Crippen LogP contribution in [0.2, 0.25) is 0 Å². The van der Waals surface area contributed by atoms with E-state index >= 15 is 0 Å². The van der Waals surface area contributed by atoms with Gasteiger partial charge in [0.05, 0.1) is 12.9 Å². The molecule has 2 N–H and O–H groups in total. The standard InChI is InChI=1S/C13H17N3O2S/c1-3-4-13-15-12(16-18-13)8-19-11-7-9(17-2)5-6-10(11)14/h5-7H,3-4,8,14H2,1-2H3. The first-order valence-corrected chi connectivity index (χ1v) is 7.09. The van der Waals surface area contributed by atoms with Crippen molar-refractivity contribution in [2.45, 2.75) is 30.4 Å². The number of rotatable bonds is 6. The summed E-state index contributed by atoms with van der Waals surface area (Å²) in [7, 11) is 1.64. The number of anilines is 1. The molecule has 0 saturated heterocycles. The molecule has 0 amide bonds. The van der Waals surface area contributed by atoms with E-state index in [0.717, 1.165) is 29.2 Å². The predicted molar refractivity (Wildman–Crippen MR) is 75.3 cm³/mol. The number of hydrogen-bond acceptors (Lipinski definition) is 6. The Balaban J connectivity index is 2.01. The highest BCUT2D eigenvalue weighted by molar-refractivity contribution is 7.98. The third kappa shape index (κ3) is 3.64. The Kier molecular flexibility index (Phi) is 4.68. The number of nitrogen functional groups attached to an aromatic ring is 1. The van der Waals surface area contributed by atoms with Crippen LogP contribution < -0.4 is 10.5 Å². The molecule has 0 radical (unpaired) electrons. The molecular weight excluding hydrogens is 262 g/mol. The number of nitrogens with two attached hydrogens (primary N) is 1. The number of aryl methyl sites for hydroxylation is 1. The lowest BCUT2D eigenvalue weighted by molar-refractivity contribution is 0.373. The van der Waals surface area contributed by atoms with Crippen LogP contribution >= 0.6 is 11.8 Å². The highest BCUT2D eigenvalue weighted by atomic mass is 32.2. The topological polar surface area (TPSA) is 74.2 Å². The lowest BCUT2D eigenvalue weighted by Gasteiger charge is -2.06. The van der Waals surface area contributed by atoms with Crippen LogP contribution in [0.25, 0.3) is 0 Å². The Morgan fingerprint density at radius 3 is 3.00 bits per heavy atom. The quantitative estimate of drug-likeness (QED) is 0.647. The summed E-state index contributed by atoms with van der Waals surface area (Å²) in [5.41, 5.74) is 6.65. The second kappa shape index (κ2) is 6.47. The van der Waals surface area contributed by atoms with E-state index < -0.39 is 0 Å².